The summed E-state index contributed by atoms with van der Waals surface area (Å²) in [5.41, 5.74) is 0.598. The zero-order valence-corrected chi connectivity index (χ0v) is 12.0. The average molecular weight is 279 g/mol. The van der Waals surface area contributed by atoms with Crippen molar-refractivity contribution in [1.29, 1.82) is 0 Å². The number of aromatic nitrogens is 1. The van der Waals surface area contributed by atoms with Gasteiger partial charge in [0, 0.05) is 33.5 Å². The van der Waals surface area contributed by atoms with E-state index in [9.17, 15) is 4.79 Å². The number of hydrogen-bond donors (Lipinski definition) is 1. The van der Waals surface area contributed by atoms with Gasteiger partial charge in [-0.1, -0.05) is 0 Å². The lowest BCUT2D eigenvalue weighted by Crippen LogP contribution is -2.35. The van der Waals surface area contributed by atoms with E-state index in [-0.39, 0.29) is 5.91 Å². The summed E-state index contributed by atoms with van der Waals surface area (Å²) >= 11 is 0. The normalized spacial score (nSPS) is 14.8. The Morgan fingerprint density at radius 3 is 2.75 bits per heavy atom. The van der Waals surface area contributed by atoms with Crippen molar-refractivity contribution in [1.82, 2.24) is 10.3 Å². The molecule has 1 aromatic rings. The lowest BCUT2D eigenvalue weighted by Gasteiger charge is -2.20. The molecule has 6 nitrogen and oxygen atoms in total. The number of carbonyl (C=O) groups excluding carboxylic acids is 1. The molecule has 0 bridgehead atoms. The minimum absolute atomic E-state index is 0.154. The quantitative estimate of drug-likeness (QED) is 0.788. The summed E-state index contributed by atoms with van der Waals surface area (Å²) in [7, 11) is 3.08. The molecule has 0 aromatic carbocycles. The monoisotopic (exact) mass is 279 g/mol. The molecule has 6 heteroatoms. The predicted molar refractivity (Wildman–Crippen MR) is 75.8 cm³/mol. The maximum Gasteiger partial charge on any atom is 0.255 e. The van der Waals surface area contributed by atoms with E-state index in [2.05, 4.69) is 15.2 Å². The number of hydrogen-bond acceptors (Lipinski definition) is 5. The Bertz CT molecular complexity index is 443. The number of ether oxygens (including phenoxy) is 2. The van der Waals surface area contributed by atoms with E-state index in [1.54, 1.807) is 32.5 Å². The first-order valence-electron chi connectivity index (χ1n) is 6.80. The van der Waals surface area contributed by atoms with Crippen LogP contribution >= 0.6 is 0 Å². The third-order valence-electron chi connectivity index (χ3n) is 3.39. The predicted octanol–water partition coefficient (Wildman–Crippen LogP) is 1.03. The number of nitrogens with zero attached hydrogens (tertiary/aromatic N) is 2. The zero-order chi connectivity index (χ0) is 14.4. The van der Waals surface area contributed by atoms with Crippen molar-refractivity contribution < 1.29 is 14.3 Å². The average Bonchev–Trinajstić information content (AvgIpc) is 3.02. The summed E-state index contributed by atoms with van der Waals surface area (Å²) in [5, 5.41) is 2.81. The van der Waals surface area contributed by atoms with Gasteiger partial charge in [-0.3, -0.25) is 4.79 Å². The van der Waals surface area contributed by atoms with Gasteiger partial charge in [0.05, 0.1) is 12.1 Å². The van der Waals surface area contributed by atoms with Gasteiger partial charge < -0.3 is 19.7 Å². The van der Waals surface area contributed by atoms with Crippen LogP contribution in [0.2, 0.25) is 0 Å². The van der Waals surface area contributed by atoms with Crippen LogP contribution in [0.4, 0.5) is 5.82 Å². The van der Waals surface area contributed by atoms with Gasteiger partial charge >= 0.3 is 0 Å². The van der Waals surface area contributed by atoms with Crippen molar-refractivity contribution in [2.75, 3.05) is 38.8 Å². The summed E-state index contributed by atoms with van der Waals surface area (Å²) in [6, 6.07) is 3.57. The fraction of sp³-hybridized carbons (Fsp3) is 0.571. The maximum absolute atomic E-state index is 12.3. The van der Waals surface area contributed by atoms with Gasteiger partial charge in [0.1, 0.15) is 5.82 Å². The molecule has 1 aromatic heterocycles. The van der Waals surface area contributed by atoms with Gasteiger partial charge in [-0.25, -0.2) is 4.98 Å². The topological polar surface area (TPSA) is 63.7 Å². The summed E-state index contributed by atoms with van der Waals surface area (Å²) in [6.45, 7) is 2.21. The summed E-state index contributed by atoms with van der Waals surface area (Å²) in [5.74, 6) is 0.605. The Hall–Kier alpha value is -1.66. The number of methoxy groups -OCH3 is 2. The maximum atomic E-state index is 12.3. The van der Waals surface area contributed by atoms with E-state index in [1.807, 2.05) is 0 Å². The Kier molecular flexibility index (Phi) is 5.31. The van der Waals surface area contributed by atoms with Crippen LogP contribution in [-0.2, 0) is 9.47 Å². The van der Waals surface area contributed by atoms with Crippen LogP contribution in [0.1, 0.15) is 23.2 Å². The van der Waals surface area contributed by atoms with E-state index in [1.165, 1.54) is 0 Å². The molecule has 1 fully saturated rings. The highest BCUT2D eigenvalue weighted by Gasteiger charge is 2.20. The standard InChI is InChI=1S/C14H21N3O3/c1-19-12(20-2)10-16-14(18)11-6-5-7-15-13(11)17-8-3-4-9-17/h5-7,12H,3-4,8-10H2,1-2H3,(H,16,18). The van der Waals surface area contributed by atoms with Crippen molar-refractivity contribution in [3.8, 4) is 0 Å². The lowest BCUT2D eigenvalue weighted by atomic mass is 10.2. The van der Waals surface area contributed by atoms with E-state index in [0.717, 1.165) is 31.7 Å². The first kappa shape index (κ1) is 14.7. The van der Waals surface area contributed by atoms with Gasteiger partial charge in [-0.2, -0.15) is 0 Å². The number of amides is 1. The first-order valence-corrected chi connectivity index (χ1v) is 6.80. The number of rotatable bonds is 6. The lowest BCUT2D eigenvalue weighted by molar-refractivity contribution is -0.0974. The van der Waals surface area contributed by atoms with Crippen LogP contribution in [0.25, 0.3) is 0 Å². The molecule has 0 aliphatic carbocycles. The molecule has 0 radical (unpaired) electrons. The molecule has 2 heterocycles. The van der Waals surface area contributed by atoms with E-state index >= 15 is 0 Å². The molecule has 0 atom stereocenters. The molecule has 2 rings (SSSR count). The van der Waals surface area contributed by atoms with Crippen LogP contribution in [0, 0.1) is 0 Å². The Balaban J connectivity index is 2.05. The van der Waals surface area contributed by atoms with Crippen molar-refractivity contribution >= 4 is 11.7 Å². The van der Waals surface area contributed by atoms with Gasteiger partial charge in [0.25, 0.3) is 5.91 Å². The summed E-state index contributed by atoms with van der Waals surface area (Å²) in [4.78, 5) is 18.8. The Morgan fingerprint density at radius 1 is 1.40 bits per heavy atom. The van der Waals surface area contributed by atoms with Crippen LogP contribution in [0.5, 0.6) is 0 Å². The van der Waals surface area contributed by atoms with E-state index < -0.39 is 6.29 Å². The molecule has 1 amide bonds. The van der Waals surface area contributed by atoms with Gasteiger partial charge in [0.15, 0.2) is 6.29 Å². The highest BCUT2D eigenvalue weighted by Crippen LogP contribution is 2.21. The molecule has 0 spiro atoms. The minimum Gasteiger partial charge on any atom is -0.356 e. The number of anilines is 1. The smallest absolute Gasteiger partial charge is 0.255 e. The van der Waals surface area contributed by atoms with E-state index in [4.69, 9.17) is 9.47 Å². The molecule has 1 N–H and O–H groups in total. The van der Waals surface area contributed by atoms with Crippen LogP contribution < -0.4 is 10.2 Å². The fourth-order valence-electron chi connectivity index (χ4n) is 2.29. The SMILES string of the molecule is COC(CNC(=O)c1cccnc1N1CCCC1)OC. The second kappa shape index (κ2) is 7.21. The van der Waals surface area contributed by atoms with Crippen molar-refractivity contribution in [2.24, 2.45) is 0 Å². The van der Waals surface area contributed by atoms with Crippen molar-refractivity contribution in [3.63, 3.8) is 0 Å². The third-order valence-corrected chi connectivity index (χ3v) is 3.39. The summed E-state index contributed by atoms with van der Waals surface area (Å²) in [6.07, 6.45) is 3.57. The van der Waals surface area contributed by atoms with Crippen LogP contribution in [0.3, 0.4) is 0 Å². The number of carbonyl (C=O) groups is 1. The van der Waals surface area contributed by atoms with Gasteiger partial charge in [-0.15, -0.1) is 0 Å². The minimum atomic E-state index is -0.439. The Morgan fingerprint density at radius 2 is 2.10 bits per heavy atom. The Labute approximate surface area is 119 Å². The molecular formula is C14H21N3O3. The van der Waals surface area contributed by atoms with Crippen molar-refractivity contribution in [3.05, 3.63) is 23.9 Å². The third kappa shape index (κ3) is 3.46. The second-order valence-electron chi connectivity index (χ2n) is 4.68. The molecule has 0 saturated carbocycles. The van der Waals surface area contributed by atoms with Crippen molar-refractivity contribution in [2.45, 2.75) is 19.1 Å². The highest BCUT2D eigenvalue weighted by molar-refractivity contribution is 5.98. The van der Waals surface area contributed by atoms with Gasteiger partial charge in [0.2, 0.25) is 0 Å². The zero-order valence-electron chi connectivity index (χ0n) is 12.0. The number of nitrogens with one attached hydrogen (secondary N) is 1. The summed E-state index contributed by atoms with van der Waals surface area (Å²) < 4.78 is 10.1. The van der Waals surface area contributed by atoms with Crippen LogP contribution in [0.15, 0.2) is 18.3 Å². The highest BCUT2D eigenvalue weighted by atomic mass is 16.7. The molecule has 1 aliphatic heterocycles. The first-order chi connectivity index (χ1) is 9.76. The second-order valence-corrected chi connectivity index (χ2v) is 4.68. The van der Waals surface area contributed by atoms with Gasteiger partial charge in [-0.05, 0) is 25.0 Å². The molecule has 1 aliphatic rings. The van der Waals surface area contributed by atoms with E-state index in [0.29, 0.717) is 12.1 Å². The fourth-order valence-corrected chi connectivity index (χ4v) is 2.29. The molecule has 110 valence electrons. The number of pyridine rings is 1. The molecule has 1 saturated heterocycles. The molecule has 0 unspecified atom stereocenters. The molecule has 20 heavy (non-hydrogen) atoms. The van der Waals surface area contributed by atoms with Crippen LogP contribution in [-0.4, -0.2) is 51.0 Å². The molecular weight excluding hydrogens is 258 g/mol. The largest absolute Gasteiger partial charge is 0.356 e.